The summed E-state index contributed by atoms with van der Waals surface area (Å²) in [6.07, 6.45) is 6.08. The number of rotatable bonds is 5. The minimum absolute atomic E-state index is 0.244. The Morgan fingerprint density at radius 3 is 2.59 bits per heavy atom. The third kappa shape index (κ3) is 5.85. The van der Waals surface area contributed by atoms with Gasteiger partial charge in [0.1, 0.15) is 17.5 Å². The third-order valence-corrected chi connectivity index (χ3v) is 6.62. The van der Waals surface area contributed by atoms with E-state index in [1.54, 1.807) is 12.1 Å². The predicted octanol–water partition coefficient (Wildman–Crippen LogP) is 4.72. The van der Waals surface area contributed by atoms with E-state index in [-0.39, 0.29) is 5.82 Å². The van der Waals surface area contributed by atoms with Crippen LogP contribution in [0, 0.1) is 11.7 Å². The molecule has 1 aromatic carbocycles. The monoisotopic (exact) mass is 456 g/mol. The zero-order chi connectivity index (χ0) is 22.5. The van der Waals surface area contributed by atoms with Crippen molar-refractivity contribution in [1.82, 2.24) is 15.3 Å². The molecule has 0 unspecified atom stereocenters. The van der Waals surface area contributed by atoms with Crippen LogP contribution in [-0.2, 0) is 6.54 Å². The van der Waals surface area contributed by atoms with Crippen LogP contribution in [0.2, 0.25) is 0 Å². The second kappa shape index (κ2) is 10.4. The Bertz CT molecular complexity index is 921. The summed E-state index contributed by atoms with van der Waals surface area (Å²) in [4.78, 5) is 14.4. The molecular weight excluding hydrogens is 423 g/mol. The zero-order valence-electron chi connectivity index (χ0n) is 19.0. The number of hydrogen-bond acceptors (Lipinski definition) is 5. The molecule has 0 amide bonds. The fourth-order valence-corrected chi connectivity index (χ4v) is 4.72. The molecule has 6 nitrogen and oxygen atoms in total. The van der Waals surface area contributed by atoms with E-state index < -0.39 is 0 Å². The maximum atomic E-state index is 13.1. The van der Waals surface area contributed by atoms with Gasteiger partial charge in [-0.25, -0.2) is 4.39 Å². The van der Waals surface area contributed by atoms with Crippen LogP contribution in [0.1, 0.15) is 51.5 Å². The van der Waals surface area contributed by atoms with Crippen LogP contribution in [0.15, 0.2) is 30.3 Å². The molecule has 172 valence electrons. The summed E-state index contributed by atoms with van der Waals surface area (Å²) in [5, 5.41) is 6.81. The molecule has 32 heavy (non-hydrogen) atoms. The molecule has 2 N–H and O–H groups in total. The van der Waals surface area contributed by atoms with Crippen LogP contribution in [0.3, 0.4) is 0 Å². The Hall–Kier alpha value is -2.48. The van der Waals surface area contributed by atoms with Gasteiger partial charge in [0, 0.05) is 38.3 Å². The Morgan fingerprint density at radius 1 is 1.06 bits per heavy atom. The summed E-state index contributed by atoms with van der Waals surface area (Å²) in [5.41, 5.74) is 0.954. The van der Waals surface area contributed by atoms with Gasteiger partial charge in [-0.1, -0.05) is 19.1 Å². The number of piperidine rings is 2. The molecule has 2 aromatic rings. The molecule has 2 saturated heterocycles. The zero-order valence-corrected chi connectivity index (χ0v) is 19.8. The van der Waals surface area contributed by atoms with Gasteiger partial charge in [0.05, 0.1) is 0 Å². The van der Waals surface area contributed by atoms with Crippen LogP contribution >= 0.6 is 12.2 Å². The number of halogens is 1. The lowest BCUT2D eigenvalue weighted by Crippen LogP contribution is -2.39. The largest absolute Gasteiger partial charge is 0.358 e. The van der Waals surface area contributed by atoms with Crippen molar-refractivity contribution in [1.29, 1.82) is 0 Å². The Morgan fingerprint density at radius 2 is 1.84 bits per heavy atom. The number of aromatic nitrogens is 2. The van der Waals surface area contributed by atoms with Crippen molar-refractivity contribution in [2.45, 2.75) is 58.5 Å². The van der Waals surface area contributed by atoms with Gasteiger partial charge in [-0.2, -0.15) is 9.97 Å². The molecular formula is C24H33FN6S. The first kappa shape index (κ1) is 22.7. The Balaban J connectivity index is 1.51. The molecule has 0 saturated carbocycles. The predicted molar refractivity (Wildman–Crippen MR) is 133 cm³/mol. The van der Waals surface area contributed by atoms with E-state index in [0.29, 0.717) is 29.6 Å². The van der Waals surface area contributed by atoms with Gasteiger partial charge in [-0.05, 0) is 74.9 Å². The van der Waals surface area contributed by atoms with Gasteiger partial charge in [-0.3, -0.25) is 0 Å². The Labute approximate surface area is 195 Å². The fraction of sp³-hybridized carbons (Fsp3) is 0.542. The first-order valence-corrected chi connectivity index (χ1v) is 12.1. The maximum absolute atomic E-state index is 13.1. The standard InChI is InChI=1S/C24H33FN6S/c1-17-6-5-12-30(16-17)21-14-22(31-13-4-3-7-18(31)2)28-23(27-21)29-24(32)26-15-19-8-10-20(25)11-9-19/h8-11,14,17-18H,3-7,12-13,15-16H2,1-2H3,(H2,26,27,28,29,32)/t17-,18-/m0/s1. The molecule has 2 aliphatic heterocycles. The number of nitrogens with zero attached hydrogens (tertiary/aromatic N) is 4. The van der Waals surface area contributed by atoms with Crippen LogP contribution in [-0.4, -0.2) is 40.8 Å². The molecule has 3 heterocycles. The highest BCUT2D eigenvalue weighted by molar-refractivity contribution is 7.80. The van der Waals surface area contributed by atoms with Crippen molar-refractivity contribution in [2.75, 3.05) is 34.8 Å². The summed E-state index contributed by atoms with van der Waals surface area (Å²) >= 11 is 5.50. The average molecular weight is 457 g/mol. The van der Waals surface area contributed by atoms with E-state index in [4.69, 9.17) is 22.2 Å². The van der Waals surface area contributed by atoms with Crippen molar-refractivity contribution in [2.24, 2.45) is 5.92 Å². The minimum atomic E-state index is -0.244. The summed E-state index contributed by atoms with van der Waals surface area (Å²) in [6.45, 7) is 8.12. The summed E-state index contributed by atoms with van der Waals surface area (Å²) < 4.78 is 13.1. The summed E-state index contributed by atoms with van der Waals surface area (Å²) in [7, 11) is 0. The first-order valence-electron chi connectivity index (χ1n) is 11.7. The van der Waals surface area contributed by atoms with Gasteiger partial charge in [0.2, 0.25) is 5.95 Å². The van der Waals surface area contributed by atoms with Gasteiger partial charge in [-0.15, -0.1) is 0 Å². The van der Waals surface area contributed by atoms with E-state index in [0.717, 1.165) is 36.8 Å². The molecule has 2 atom stereocenters. The molecule has 8 heteroatoms. The van der Waals surface area contributed by atoms with Crippen molar-refractivity contribution in [3.05, 3.63) is 41.7 Å². The molecule has 0 bridgehead atoms. The van der Waals surface area contributed by atoms with E-state index in [1.165, 1.54) is 44.2 Å². The fourth-order valence-electron chi connectivity index (χ4n) is 4.55. The van der Waals surface area contributed by atoms with Crippen molar-refractivity contribution in [3.63, 3.8) is 0 Å². The van der Waals surface area contributed by atoms with E-state index in [1.807, 2.05) is 0 Å². The quantitative estimate of drug-likeness (QED) is 0.632. The van der Waals surface area contributed by atoms with Gasteiger partial charge in [0.25, 0.3) is 0 Å². The lowest BCUT2D eigenvalue weighted by Gasteiger charge is -2.36. The number of hydrogen-bond donors (Lipinski definition) is 2. The highest BCUT2D eigenvalue weighted by Gasteiger charge is 2.24. The van der Waals surface area contributed by atoms with E-state index >= 15 is 0 Å². The number of nitrogens with one attached hydrogen (secondary N) is 2. The molecule has 0 aliphatic carbocycles. The second-order valence-corrected chi connectivity index (χ2v) is 9.48. The SMILES string of the molecule is C[C@H]1CCCN(c2cc(N3CCCC[C@@H]3C)nc(NC(=S)NCc3ccc(F)cc3)n2)C1. The van der Waals surface area contributed by atoms with Crippen LogP contribution in [0.5, 0.6) is 0 Å². The van der Waals surface area contributed by atoms with Gasteiger partial charge >= 0.3 is 0 Å². The number of benzene rings is 1. The highest BCUT2D eigenvalue weighted by Crippen LogP contribution is 2.29. The molecule has 4 rings (SSSR count). The maximum Gasteiger partial charge on any atom is 0.232 e. The smallest absolute Gasteiger partial charge is 0.232 e. The average Bonchev–Trinajstić information content (AvgIpc) is 2.79. The Kier molecular flexibility index (Phi) is 7.40. The van der Waals surface area contributed by atoms with Crippen LogP contribution in [0.25, 0.3) is 0 Å². The second-order valence-electron chi connectivity index (χ2n) is 9.07. The van der Waals surface area contributed by atoms with Gasteiger partial charge in [0.15, 0.2) is 5.11 Å². The third-order valence-electron chi connectivity index (χ3n) is 6.37. The highest BCUT2D eigenvalue weighted by atomic mass is 32.1. The van der Waals surface area contributed by atoms with Crippen molar-refractivity contribution < 1.29 is 4.39 Å². The molecule has 2 aliphatic rings. The van der Waals surface area contributed by atoms with Gasteiger partial charge < -0.3 is 20.4 Å². The normalized spacial score (nSPS) is 21.3. The lowest BCUT2D eigenvalue weighted by molar-refractivity contribution is 0.444. The first-order chi connectivity index (χ1) is 15.5. The summed E-state index contributed by atoms with van der Waals surface area (Å²) in [5.74, 6) is 2.86. The van der Waals surface area contributed by atoms with E-state index in [2.05, 4.69) is 40.3 Å². The number of thiocarbonyl (C=S) groups is 1. The van der Waals surface area contributed by atoms with Crippen molar-refractivity contribution in [3.8, 4) is 0 Å². The summed E-state index contributed by atoms with van der Waals surface area (Å²) in [6, 6.07) is 8.99. The minimum Gasteiger partial charge on any atom is -0.358 e. The molecule has 2 fully saturated rings. The number of anilines is 3. The lowest BCUT2D eigenvalue weighted by atomic mass is 10.0. The molecule has 1 aromatic heterocycles. The van der Waals surface area contributed by atoms with Crippen molar-refractivity contribution >= 4 is 34.9 Å². The topological polar surface area (TPSA) is 56.3 Å². The molecule has 0 spiro atoms. The van der Waals surface area contributed by atoms with Crippen LogP contribution in [0.4, 0.5) is 22.0 Å². The van der Waals surface area contributed by atoms with E-state index in [9.17, 15) is 4.39 Å². The van der Waals surface area contributed by atoms with Crippen LogP contribution < -0.4 is 20.4 Å². The molecule has 0 radical (unpaired) electrons.